The second-order valence-corrected chi connectivity index (χ2v) is 7.06. The predicted molar refractivity (Wildman–Crippen MR) is 101 cm³/mol. The van der Waals surface area contributed by atoms with E-state index in [0.29, 0.717) is 22.3 Å². The maximum atomic E-state index is 13.0. The van der Waals surface area contributed by atoms with Gasteiger partial charge in [0.2, 0.25) is 0 Å². The van der Waals surface area contributed by atoms with Crippen LogP contribution in [0.5, 0.6) is 5.75 Å². The van der Waals surface area contributed by atoms with Gasteiger partial charge < -0.3 is 14.3 Å². The molecular formula is C19H18N4O2S. The van der Waals surface area contributed by atoms with Crippen molar-refractivity contribution >= 4 is 21.8 Å². The molecule has 1 aromatic carbocycles. The van der Waals surface area contributed by atoms with E-state index in [9.17, 15) is 4.21 Å². The second-order valence-electron chi connectivity index (χ2n) is 5.71. The fraction of sp³-hybridized carbons (Fsp3) is 0.158. The molecule has 1 N–H and O–H groups in total. The molecule has 0 aliphatic heterocycles. The standard InChI is InChI=1S/C19H18N4O2S/c1-13-17(20-8-7-18(13)25-2)12-26(24)19-21-15-6-5-14(11-16(15)22-19)23-9-3-4-10-23/h3-11H,12H2,1-2H3,(H,21,22)/i7D,8D/hD. The molecule has 4 rings (SSSR count). The number of aromatic nitrogens is 4. The minimum absolute atomic E-state index is 0.0268. The van der Waals surface area contributed by atoms with Crippen molar-refractivity contribution in [1.29, 1.82) is 0 Å². The summed E-state index contributed by atoms with van der Waals surface area (Å²) in [5.41, 5.74) is 2.96. The van der Waals surface area contributed by atoms with Crippen LogP contribution in [0.1, 0.15) is 14.0 Å². The Kier molecular flexibility index (Phi) is 3.46. The van der Waals surface area contributed by atoms with Gasteiger partial charge in [-0.2, -0.15) is 0 Å². The van der Waals surface area contributed by atoms with Crippen LogP contribution < -0.4 is 4.74 Å². The van der Waals surface area contributed by atoms with E-state index in [1.807, 2.05) is 41.2 Å². The average molecular weight is 369 g/mol. The molecule has 7 heteroatoms. The first kappa shape index (κ1) is 13.3. The number of imidazole rings is 1. The molecule has 132 valence electrons. The van der Waals surface area contributed by atoms with Gasteiger partial charge in [-0.15, -0.1) is 0 Å². The minimum Gasteiger partial charge on any atom is -0.496 e. The summed E-state index contributed by atoms with van der Waals surface area (Å²) in [6, 6.07) is 9.21. The Hall–Kier alpha value is -2.93. The summed E-state index contributed by atoms with van der Waals surface area (Å²) in [6.07, 6.45) is 3.58. The Labute approximate surface area is 157 Å². The fourth-order valence-electron chi connectivity index (χ4n) is 2.68. The fourth-order valence-corrected chi connectivity index (χ4v) is 3.74. The Bertz CT molecular complexity index is 1240. The van der Waals surface area contributed by atoms with Gasteiger partial charge in [0, 0.05) is 29.8 Å². The molecule has 0 fully saturated rings. The third-order valence-electron chi connectivity index (χ3n) is 4.10. The number of rotatable bonds is 5. The Morgan fingerprint density at radius 1 is 1.38 bits per heavy atom. The van der Waals surface area contributed by atoms with E-state index in [2.05, 4.69) is 9.97 Å². The lowest BCUT2D eigenvalue weighted by Crippen LogP contribution is -2.03. The summed E-state index contributed by atoms with van der Waals surface area (Å²) in [5.74, 6) is 0.217. The zero-order chi connectivity index (χ0) is 20.7. The molecule has 3 heterocycles. The molecule has 0 saturated carbocycles. The molecule has 0 bridgehead atoms. The van der Waals surface area contributed by atoms with Gasteiger partial charge in [-0.3, -0.25) is 9.19 Å². The van der Waals surface area contributed by atoms with Crippen LogP contribution in [0, 0.1) is 6.92 Å². The molecule has 1 unspecified atom stereocenters. The van der Waals surface area contributed by atoms with Crippen molar-refractivity contribution in [3.63, 3.8) is 0 Å². The largest absolute Gasteiger partial charge is 0.496 e. The lowest BCUT2D eigenvalue weighted by Gasteiger charge is -2.08. The number of H-pyrrole nitrogens is 1. The molecule has 0 aliphatic carbocycles. The zero-order valence-corrected chi connectivity index (χ0v) is 15.1. The number of aromatic amines is 1. The number of hydrogen-bond donors (Lipinski definition) is 1. The molecule has 4 aromatic rings. The SMILES string of the molecule is [2H]c1nc(CS(=O)c2nc3cc(-n4cccc4)ccc3n2[2H])c(C)c(OC)c1[2H]. The molecule has 3 aromatic heterocycles. The highest BCUT2D eigenvalue weighted by Gasteiger charge is 2.15. The van der Waals surface area contributed by atoms with Gasteiger partial charge in [-0.05, 0) is 43.3 Å². The van der Waals surface area contributed by atoms with Gasteiger partial charge in [-0.25, -0.2) is 4.98 Å². The number of benzene rings is 1. The van der Waals surface area contributed by atoms with Gasteiger partial charge in [-0.1, -0.05) is 0 Å². The quantitative estimate of drug-likeness (QED) is 0.585. The van der Waals surface area contributed by atoms with Crippen LogP contribution in [0.4, 0.5) is 0 Å². The lowest BCUT2D eigenvalue weighted by atomic mass is 10.2. The molecule has 0 aliphatic rings. The van der Waals surface area contributed by atoms with Crippen LogP contribution in [-0.4, -0.2) is 30.8 Å². The average Bonchev–Trinajstić information content (AvgIpc) is 3.35. The maximum absolute atomic E-state index is 13.0. The Morgan fingerprint density at radius 2 is 2.19 bits per heavy atom. The van der Waals surface area contributed by atoms with E-state index in [1.165, 1.54) is 7.11 Å². The van der Waals surface area contributed by atoms with Gasteiger partial charge in [0.15, 0.2) is 6.57 Å². The van der Waals surface area contributed by atoms with Crippen molar-refractivity contribution in [3.8, 4) is 11.4 Å². The molecule has 0 radical (unpaired) electrons. The monoisotopic (exact) mass is 369 g/mol. The van der Waals surface area contributed by atoms with Crippen molar-refractivity contribution in [2.45, 2.75) is 17.8 Å². The smallest absolute Gasteiger partial charge is 0.197 e. The first-order chi connectivity index (χ1) is 13.9. The summed E-state index contributed by atoms with van der Waals surface area (Å²) < 4.78 is 44.1. The normalized spacial score (nSPS) is 14.0. The van der Waals surface area contributed by atoms with Crippen LogP contribution in [0.2, 0.25) is 1.41 Å². The van der Waals surface area contributed by atoms with Gasteiger partial charge >= 0.3 is 0 Å². The Morgan fingerprint density at radius 3 is 2.96 bits per heavy atom. The van der Waals surface area contributed by atoms with Crippen molar-refractivity contribution in [2.75, 3.05) is 7.11 Å². The number of nitrogens with zero attached hydrogens (tertiary/aromatic N) is 3. The third kappa shape index (κ3) is 3.01. The Balaban J connectivity index is 1.71. The summed E-state index contributed by atoms with van der Waals surface area (Å²) in [7, 11) is -0.240. The number of methoxy groups -OCH3 is 1. The van der Waals surface area contributed by atoms with E-state index in [4.69, 9.17) is 8.89 Å². The molecule has 0 amide bonds. The molecule has 1 atom stereocenters. The highest BCUT2D eigenvalue weighted by Crippen LogP contribution is 2.22. The lowest BCUT2D eigenvalue weighted by molar-refractivity contribution is 0.410. The number of nitrogens with one attached hydrogen (secondary N) is 1. The van der Waals surface area contributed by atoms with E-state index in [1.54, 1.807) is 13.0 Å². The summed E-state index contributed by atoms with van der Waals surface area (Å²) in [5, 5.41) is 0.103. The van der Waals surface area contributed by atoms with Crippen LogP contribution in [0.3, 0.4) is 0 Å². The van der Waals surface area contributed by atoms with E-state index in [0.717, 1.165) is 10.7 Å². The number of pyridine rings is 1. The van der Waals surface area contributed by atoms with Crippen LogP contribution in [0.25, 0.3) is 16.7 Å². The van der Waals surface area contributed by atoms with Gasteiger partial charge in [0.1, 0.15) is 5.75 Å². The molecule has 0 saturated heterocycles. The van der Waals surface area contributed by atoms with Crippen molar-refractivity contribution in [3.05, 3.63) is 66.2 Å². The molecular weight excluding hydrogens is 348 g/mol. The number of ether oxygens (including phenoxy) is 1. The molecule has 0 spiro atoms. The first-order valence-electron chi connectivity index (χ1n) is 9.39. The number of fused-ring (bicyclic) bond motifs is 1. The maximum Gasteiger partial charge on any atom is 0.197 e. The third-order valence-corrected chi connectivity index (χ3v) is 5.23. The van der Waals surface area contributed by atoms with Gasteiger partial charge in [0.25, 0.3) is 0 Å². The van der Waals surface area contributed by atoms with E-state index >= 15 is 0 Å². The summed E-state index contributed by atoms with van der Waals surface area (Å²) in [6.45, 7) is 1.71. The number of hydrogen-bond acceptors (Lipinski definition) is 4. The highest BCUT2D eigenvalue weighted by atomic mass is 32.2. The summed E-state index contributed by atoms with van der Waals surface area (Å²) >= 11 is 0. The van der Waals surface area contributed by atoms with E-state index in [-0.39, 0.29) is 28.9 Å². The zero-order valence-electron chi connectivity index (χ0n) is 17.3. The van der Waals surface area contributed by atoms with Crippen LogP contribution >= 0.6 is 0 Å². The summed E-state index contributed by atoms with van der Waals surface area (Å²) in [4.78, 5) is 9.56. The van der Waals surface area contributed by atoms with E-state index < -0.39 is 10.8 Å². The highest BCUT2D eigenvalue weighted by molar-refractivity contribution is 7.84. The topological polar surface area (TPSA) is 72.8 Å². The van der Waals surface area contributed by atoms with Crippen LogP contribution in [-0.2, 0) is 16.6 Å². The minimum atomic E-state index is -1.66. The molecule has 6 nitrogen and oxygen atoms in total. The van der Waals surface area contributed by atoms with Gasteiger partial charge in [0.05, 0.1) is 43.1 Å². The van der Waals surface area contributed by atoms with Crippen LogP contribution in [0.15, 0.2) is 60.1 Å². The van der Waals surface area contributed by atoms with Crippen molar-refractivity contribution < 1.29 is 13.1 Å². The predicted octanol–water partition coefficient (Wildman–Crippen LogP) is 3.37. The second kappa shape index (κ2) is 6.76. The molecule has 26 heavy (non-hydrogen) atoms. The first-order valence-corrected chi connectivity index (χ1v) is 9.26. The van der Waals surface area contributed by atoms with Crippen molar-refractivity contribution in [2.24, 2.45) is 0 Å². The van der Waals surface area contributed by atoms with Crippen molar-refractivity contribution in [1.82, 2.24) is 19.5 Å².